The maximum atomic E-state index is 5.20. The minimum Gasteiger partial charge on any atom is -0.481 e. The van der Waals surface area contributed by atoms with E-state index in [9.17, 15) is 0 Å². The summed E-state index contributed by atoms with van der Waals surface area (Å²) in [7, 11) is 3.20. The molecule has 0 N–H and O–H groups in total. The highest BCUT2D eigenvalue weighted by atomic mass is 16.5. The zero-order valence-corrected chi connectivity index (χ0v) is 12.3. The molecule has 0 unspecified atom stereocenters. The molecule has 3 rings (SSSR count). The Morgan fingerprint density at radius 1 is 1.05 bits per heavy atom. The molecule has 0 saturated heterocycles. The first-order chi connectivity index (χ1) is 10.8. The van der Waals surface area contributed by atoms with Crippen LogP contribution in [0.4, 0.5) is 0 Å². The summed E-state index contributed by atoms with van der Waals surface area (Å²) in [6.07, 6.45) is 3.42. The van der Waals surface area contributed by atoms with Gasteiger partial charge in [-0.1, -0.05) is 6.07 Å². The highest BCUT2D eigenvalue weighted by molar-refractivity contribution is 5.53. The first-order valence-electron chi connectivity index (χ1n) is 6.68. The van der Waals surface area contributed by atoms with Gasteiger partial charge in [0.2, 0.25) is 5.88 Å². The molecular weight excluding hydrogens is 282 g/mol. The second kappa shape index (κ2) is 6.31. The van der Waals surface area contributed by atoms with E-state index < -0.39 is 0 Å². The average Bonchev–Trinajstić information content (AvgIpc) is 3.00. The number of ether oxygens (including phenoxy) is 2. The molecule has 3 heterocycles. The van der Waals surface area contributed by atoms with Crippen LogP contribution in [0.5, 0.6) is 5.88 Å². The molecule has 0 aliphatic rings. The number of aromatic nitrogens is 5. The fourth-order valence-corrected chi connectivity index (χ4v) is 2.10. The first kappa shape index (κ1) is 14.2. The van der Waals surface area contributed by atoms with Gasteiger partial charge in [-0.05, 0) is 18.2 Å². The average molecular weight is 297 g/mol. The molecule has 0 bridgehead atoms. The van der Waals surface area contributed by atoms with E-state index in [1.807, 2.05) is 28.8 Å². The van der Waals surface area contributed by atoms with Crippen molar-refractivity contribution in [1.82, 2.24) is 24.7 Å². The molecular formula is C15H15N5O2. The fourth-order valence-electron chi connectivity index (χ4n) is 2.10. The maximum absolute atomic E-state index is 5.20. The number of methoxy groups -OCH3 is 2. The molecule has 0 aliphatic heterocycles. The molecule has 0 aliphatic carbocycles. The number of pyridine rings is 2. The Labute approximate surface area is 127 Å². The highest BCUT2D eigenvalue weighted by Crippen LogP contribution is 2.22. The number of hydrogen-bond acceptors (Lipinski definition) is 6. The number of rotatable bonds is 5. The Balaban J connectivity index is 2.12. The second-order valence-corrected chi connectivity index (χ2v) is 4.48. The first-order valence-corrected chi connectivity index (χ1v) is 6.68. The van der Waals surface area contributed by atoms with Gasteiger partial charge in [0, 0.05) is 19.4 Å². The van der Waals surface area contributed by atoms with Crippen LogP contribution in [0.25, 0.3) is 17.2 Å². The number of nitrogens with zero attached hydrogens (tertiary/aromatic N) is 5. The van der Waals surface area contributed by atoms with Crippen molar-refractivity contribution < 1.29 is 9.47 Å². The number of hydrogen-bond donors (Lipinski definition) is 0. The van der Waals surface area contributed by atoms with Crippen molar-refractivity contribution in [3.63, 3.8) is 0 Å². The summed E-state index contributed by atoms with van der Waals surface area (Å²) in [6.45, 7) is 0.339. The lowest BCUT2D eigenvalue weighted by atomic mass is 10.3. The molecule has 0 aromatic carbocycles. The van der Waals surface area contributed by atoms with E-state index in [0.29, 0.717) is 24.1 Å². The summed E-state index contributed by atoms with van der Waals surface area (Å²) < 4.78 is 12.2. The van der Waals surface area contributed by atoms with Crippen molar-refractivity contribution in [3.05, 3.63) is 48.5 Å². The van der Waals surface area contributed by atoms with E-state index in [4.69, 9.17) is 9.47 Å². The van der Waals surface area contributed by atoms with Gasteiger partial charge in [0.1, 0.15) is 12.3 Å². The largest absolute Gasteiger partial charge is 0.481 e. The maximum Gasteiger partial charge on any atom is 0.213 e. The normalized spacial score (nSPS) is 10.6. The third-order valence-electron chi connectivity index (χ3n) is 3.09. The zero-order chi connectivity index (χ0) is 15.4. The Hall–Kier alpha value is -2.80. The molecule has 0 radical (unpaired) electrons. The van der Waals surface area contributed by atoms with Crippen LogP contribution in [-0.4, -0.2) is 39.0 Å². The van der Waals surface area contributed by atoms with Gasteiger partial charge < -0.3 is 9.47 Å². The van der Waals surface area contributed by atoms with E-state index in [1.54, 1.807) is 32.7 Å². The van der Waals surface area contributed by atoms with Gasteiger partial charge >= 0.3 is 0 Å². The van der Waals surface area contributed by atoms with Crippen molar-refractivity contribution >= 4 is 0 Å². The van der Waals surface area contributed by atoms with Crippen LogP contribution in [0.2, 0.25) is 0 Å². The van der Waals surface area contributed by atoms with Gasteiger partial charge in [0.05, 0.1) is 19.0 Å². The van der Waals surface area contributed by atoms with Crippen LogP contribution in [-0.2, 0) is 11.3 Å². The Bertz CT molecular complexity index is 740. The molecule has 0 atom stereocenters. The molecule has 7 nitrogen and oxygen atoms in total. The van der Waals surface area contributed by atoms with E-state index >= 15 is 0 Å². The predicted molar refractivity (Wildman–Crippen MR) is 79.7 cm³/mol. The van der Waals surface area contributed by atoms with Crippen molar-refractivity contribution in [1.29, 1.82) is 0 Å². The van der Waals surface area contributed by atoms with Gasteiger partial charge in [0.25, 0.3) is 0 Å². The fraction of sp³-hybridized carbons (Fsp3) is 0.200. The van der Waals surface area contributed by atoms with E-state index in [0.717, 1.165) is 11.4 Å². The van der Waals surface area contributed by atoms with E-state index in [-0.39, 0.29) is 0 Å². The summed E-state index contributed by atoms with van der Waals surface area (Å²) in [4.78, 5) is 8.56. The SMILES string of the molecule is COCc1nnc(-c2ccccn2)n1-c1ccc(OC)nc1. The lowest BCUT2D eigenvalue weighted by molar-refractivity contribution is 0.176. The lowest BCUT2D eigenvalue weighted by Gasteiger charge is -2.10. The Morgan fingerprint density at radius 2 is 1.95 bits per heavy atom. The van der Waals surface area contributed by atoms with Crippen LogP contribution in [0.3, 0.4) is 0 Å². The van der Waals surface area contributed by atoms with E-state index in [2.05, 4.69) is 20.2 Å². The Morgan fingerprint density at radius 3 is 2.59 bits per heavy atom. The molecule has 3 aromatic rings. The monoisotopic (exact) mass is 297 g/mol. The quantitative estimate of drug-likeness (QED) is 0.716. The van der Waals surface area contributed by atoms with Crippen LogP contribution in [0.1, 0.15) is 5.82 Å². The highest BCUT2D eigenvalue weighted by Gasteiger charge is 2.16. The summed E-state index contributed by atoms with van der Waals surface area (Å²) in [5.74, 6) is 1.86. The standard InChI is InChI=1S/C15H15N5O2/c1-21-10-13-18-19-15(12-5-3-4-8-16-12)20(13)11-6-7-14(22-2)17-9-11/h3-9H,10H2,1-2H3. The second-order valence-electron chi connectivity index (χ2n) is 4.48. The van der Waals surface area contributed by atoms with Crippen LogP contribution in [0.15, 0.2) is 42.7 Å². The van der Waals surface area contributed by atoms with Crippen molar-refractivity contribution in [3.8, 4) is 23.1 Å². The summed E-state index contributed by atoms with van der Waals surface area (Å²) in [6, 6.07) is 9.32. The van der Waals surface area contributed by atoms with Crippen molar-refractivity contribution in [2.45, 2.75) is 6.61 Å². The molecule has 0 spiro atoms. The third-order valence-corrected chi connectivity index (χ3v) is 3.09. The van der Waals surface area contributed by atoms with Crippen LogP contribution < -0.4 is 4.74 Å². The Kier molecular flexibility index (Phi) is 4.06. The molecule has 3 aromatic heterocycles. The van der Waals surface area contributed by atoms with Crippen LogP contribution >= 0.6 is 0 Å². The molecule has 0 saturated carbocycles. The molecule has 0 fully saturated rings. The summed E-state index contributed by atoms with van der Waals surface area (Å²) in [5, 5.41) is 8.43. The van der Waals surface area contributed by atoms with Crippen molar-refractivity contribution in [2.24, 2.45) is 0 Å². The zero-order valence-electron chi connectivity index (χ0n) is 12.3. The van der Waals surface area contributed by atoms with Gasteiger partial charge in [-0.2, -0.15) is 0 Å². The minimum atomic E-state index is 0.339. The summed E-state index contributed by atoms with van der Waals surface area (Å²) in [5.41, 5.74) is 1.55. The van der Waals surface area contributed by atoms with Gasteiger partial charge in [-0.3, -0.25) is 9.55 Å². The van der Waals surface area contributed by atoms with Gasteiger partial charge in [-0.25, -0.2) is 4.98 Å². The summed E-state index contributed by atoms with van der Waals surface area (Å²) >= 11 is 0. The molecule has 0 amide bonds. The van der Waals surface area contributed by atoms with E-state index in [1.165, 1.54) is 0 Å². The van der Waals surface area contributed by atoms with Gasteiger partial charge in [0.15, 0.2) is 11.6 Å². The lowest BCUT2D eigenvalue weighted by Crippen LogP contribution is -2.05. The minimum absolute atomic E-state index is 0.339. The third kappa shape index (κ3) is 2.66. The predicted octanol–water partition coefficient (Wildman–Crippen LogP) is 1.88. The van der Waals surface area contributed by atoms with Gasteiger partial charge in [-0.15, -0.1) is 10.2 Å². The topological polar surface area (TPSA) is 75.0 Å². The molecule has 112 valence electrons. The smallest absolute Gasteiger partial charge is 0.213 e. The molecule has 7 heteroatoms. The van der Waals surface area contributed by atoms with Crippen molar-refractivity contribution in [2.75, 3.05) is 14.2 Å². The van der Waals surface area contributed by atoms with Crippen LogP contribution in [0, 0.1) is 0 Å². The molecule has 22 heavy (non-hydrogen) atoms.